The zero-order valence-electron chi connectivity index (χ0n) is 16.0. The number of carbonyl (C=O) groups excluding carboxylic acids is 1. The van der Waals surface area contributed by atoms with Crippen molar-refractivity contribution in [3.05, 3.63) is 64.7 Å². The molecule has 1 atom stereocenters. The molecule has 2 aromatic rings. The minimum atomic E-state index is -3.55. The molecule has 0 spiro atoms. The van der Waals surface area contributed by atoms with Crippen molar-refractivity contribution in [3.8, 4) is 6.07 Å². The number of carbonyl (C=O) groups is 1. The van der Waals surface area contributed by atoms with Gasteiger partial charge in [-0.15, -0.1) is 0 Å². The van der Waals surface area contributed by atoms with Gasteiger partial charge in [-0.05, 0) is 41.7 Å². The van der Waals surface area contributed by atoms with Gasteiger partial charge in [0.1, 0.15) is 0 Å². The van der Waals surface area contributed by atoms with Gasteiger partial charge in [-0.1, -0.05) is 45.0 Å². The maximum absolute atomic E-state index is 13.0. The smallest absolute Gasteiger partial charge is 0.229 e. The lowest BCUT2D eigenvalue weighted by molar-refractivity contribution is 0.0967. The topological polar surface area (TPSA) is 87.0 Å². The van der Waals surface area contributed by atoms with E-state index in [1.807, 2.05) is 30.3 Å². The summed E-state index contributed by atoms with van der Waals surface area (Å²) in [5, 5.41) is 9.13. The number of hydrogen-bond acceptors (Lipinski definition) is 4. The molecule has 0 aliphatic rings. The number of anilines is 1. The first-order valence-corrected chi connectivity index (χ1v) is 10.6. The van der Waals surface area contributed by atoms with Crippen molar-refractivity contribution in [2.45, 2.75) is 33.1 Å². The number of nitrogens with one attached hydrogen (secondary N) is 1. The van der Waals surface area contributed by atoms with Gasteiger partial charge in [-0.2, -0.15) is 5.26 Å². The van der Waals surface area contributed by atoms with Crippen LogP contribution in [0.3, 0.4) is 0 Å². The number of rotatable bonds is 7. The first kappa shape index (κ1) is 20.7. The maximum atomic E-state index is 13.0. The van der Waals surface area contributed by atoms with Crippen LogP contribution < -0.4 is 4.72 Å². The summed E-state index contributed by atoms with van der Waals surface area (Å²) in [6, 6.07) is 14.2. The SMILES string of the molecule is CC(C)Cc1ccc([C@@H](C)C(=O)c2cc(C#N)ccc2NS(C)(=O)=O)cc1. The first-order chi connectivity index (χ1) is 12.6. The van der Waals surface area contributed by atoms with Crippen LogP contribution in [0.4, 0.5) is 5.69 Å². The Morgan fingerprint density at radius 1 is 1.11 bits per heavy atom. The molecule has 0 heterocycles. The number of hydrogen-bond donors (Lipinski definition) is 1. The average molecular weight is 385 g/mol. The van der Waals surface area contributed by atoms with Gasteiger partial charge in [0.25, 0.3) is 0 Å². The number of nitriles is 1. The van der Waals surface area contributed by atoms with Crippen LogP contribution in [-0.2, 0) is 16.4 Å². The van der Waals surface area contributed by atoms with Gasteiger partial charge in [-0.25, -0.2) is 8.42 Å². The number of nitrogens with zero attached hydrogens (tertiary/aromatic N) is 1. The Hall–Kier alpha value is -2.65. The molecule has 0 radical (unpaired) electrons. The van der Waals surface area contributed by atoms with Crippen LogP contribution in [0.5, 0.6) is 0 Å². The Kier molecular flexibility index (Phi) is 6.40. The number of sulfonamides is 1. The third kappa shape index (κ3) is 5.66. The van der Waals surface area contributed by atoms with Crippen molar-refractivity contribution in [2.75, 3.05) is 11.0 Å². The molecule has 0 fully saturated rings. The molecular weight excluding hydrogens is 360 g/mol. The molecule has 5 nitrogen and oxygen atoms in total. The third-order valence-electron chi connectivity index (χ3n) is 4.23. The molecule has 0 aliphatic heterocycles. The van der Waals surface area contributed by atoms with E-state index in [0.717, 1.165) is 18.2 Å². The molecule has 0 bridgehead atoms. The predicted molar refractivity (Wildman–Crippen MR) is 107 cm³/mol. The summed E-state index contributed by atoms with van der Waals surface area (Å²) in [5.41, 5.74) is 2.74. The predicted octanol–water partition coefficient (Wildman–Crippen LogP) is 4.11. The summed E-state index contributed by atoms with van der Waals surface area (Å²) in [6.07, 6.45) is 1.99. The standard InChI is InChI=1S/C21H24N2O3S/c1-14(2)11-16-5-8-18(9-6-16)15(3)21(24)19-12-17(13-22)7-10-20(19)23-27(4,25)26/h5-10,12,14-15,23H,11H2,1-4H3/t15-/m1/s1. The molecule has 6 heteroatoms. The minimum absolute atomic E-state index is 0.185. The summed E-state index contributed by atoms with van der Waals surface area (Å²) in [6.45, 7) is 6.08. The lowest BCUT2D eigenvalue weighted by Crippen LogP contribution is -2.16. The molecule has 0 unspecified atom stereocenters. The molecule has 27 heavy (non-hydrogen) atoms. The first-order valence-electron chi connectivity index (χ1n) is 8.75. The summed E-state index contributed by atoms with van der Waals surface area (Å²) < 4.78 is 25.6. The van der Waals surface area contributed by atoms with Crippen molar-refractivity contribution in [2.24, 2.45) is 5.92 Å². The Bertz CT molecular complexity index is 971. The van der Waals surface area contributed by atoms with E-state index < -0.39 is 15.9 Å². The highest BCUT2D eigenvalue weighted by atomic mass is 32.2. The van der Waals surface area contributed by atoms with Gasteiger partial charge in [0.15, 0.2) is 5.78 Å². The lowest BCUT2D eigenvalue weighted by Gasteiger charge is -2.16. The van der Waals surface area contributed by atoms with E-state index in [4.69, 9.17) is 5.26 Å². The Labute approximate surface area is 161 Å². The molecular formula is C21H24N2O3S. The molecule has 0 saturated carbocycles. The van der Waals surface area contributed by atoms with E-state index in [-0.39, 0.29) is 17.0 Å². The minimum Gasteiger partial charge on any atom is -0.293 e. The second-order valence-corrected chi connectivity index (χ2v) is 8.92. The van der Waals surface area contributed by atoms with Crippen LogP contribution in [0.2, 0.25) is 0 Å². The molecule has 2 aromatic carbocycles. The fourth-order valence-corrected chi connectivity index (χ4v) is 3.48. The van der Waals surface area contributed by atoms with Crippen LogP contribution in [-0.4, -0.2) is 20.5 Å². The normalized spacial score (nSPS) is 12.4. The highest BCUT2D eigenvalue weighted by Crippen LogP contribution is 2.27. The molecule has 2 rings (SSSR count). The maximum Gasteiger partial charge on any atom is 0.229 e. The molecule has 1 N–H and O–H groups in total. The Morgan fingerprint density at radius 2 is 1.74 bits per heavy atom. The number of Topliss-reactive ketones (excluding diaryl/α,β-unsaturated/α-hetero) is 1. The van der Waals surface area contributed by atoms with Crippen LogP contribution >= 0.6 is 0 Å². The van der Waals surface area contributed by atoms with Crippen molar-refractivity contribution < 1.29 is 13.2 Å². The number of benzene rings is 2. The van der Waals surface area contributed by atoms with Crippen molar-refractivity contribution in [1.29, 1.82) is 5.26 Å². The molecule has 0 saturated heterocycles. The van der Waals surface area contributed by atoms with E-state index in [1.165, 1.54) is 23.8 Å². The Morgan fingerprint density at radius 3 is 2.26 bits per heavy atom. The fourth-order valence-electron chi connectivity index (χ4n) is 2.90. The molecule has 0 aromatic heterocycles. The zero-order valence-corrected chi connectivity index (χ0v) is 16.8. The summed E-state index contributed by atoms with van der Waals surface area (Å²) in [5.74, 6) is -0.157. The quantitative estimate of drug-likeness (QED) is 0.728. The Balaban J connectivity index is 2.36. The number of ketones is 1. The van der Waals surface area contributed by atoms with Gasteiger partial charge in [0.05, 0.1) is 23.6 Å². The van der Waals surface area contributed by atoms with Crippen LogP contribution in [0, 0.1) is 17.2 Å². The molecule has 0 aliphatic carbocycles. The average Bonchev–Trinajstić information content (AvgIpc) is 2.59. The summed E-state index contributed by atoms with van der Waals surface area (Å²) in [7, 11) is -3.55. The highest BCUT2D eigenvalue weighted by molar-refractivity contribution is 7.92. The summed E-state index contributed by atoms with van der Waals surface area (Å²) >= 11 is 0. The highest BCUT2D eigenvalue weighted by Gasteiger charge is 2.22. The van der Waals surface area contributed by atoms with E-state index in [1.54, 1.807) is 6.92 Å². The van der Waals surface area contributed by atoms with Crippen LogP contribution in [0.25, 0.3) is 0 Å². The fraction of sp³-hybridized carbons (Fsp3) is 0.333. The van der Waals surface area contributed by atoms with Crippen LogP contribution in [0.1, 0.15) is 53.7 Å². The van der Waals surface area contributed by atoms with E-state index >= 15 is 0 Å². The van der Waals surface area contributed by atoms with E-state index in [2.05, 4.69) is 18.6 Å². The zero-order chi connectivity index (χ0) is 20.2. The lowest BCUT2D eigenvalue weighted by atomic mass is 9.90. The van der Waals surface area contributed by atoms with Gasteiger partial charge in [0.2, 0.25) is 10.0 Å². The van der Waals surface area contributed by atoms with Gasteiger partial charge in [0, 0.05) is 11.5 Å². The summed E-state index contributed by atoms with van der Waals surface area (Å²) in [4.78, 5) is 13.0. The third-order valence-corrected chi connectivity index (χ3v) is 4.82. The van der Waals surface area contributed by atoms with Gasteiger partial charge < -0.3 is 0 Å². The van der Waals surface area contributed by atoms with E-state index in [9.17, 15) is 13.2 Å². The van der Waals surface area contributed by atoms with Gasteiger partial charge >= 0.3 is 0 Å². The van der Waals surface area contributed by atoms with Crippen molar-refractivity contribution in [1.82, 2.24) is 0 Å². The van der Waals surface area contributed by atoms with Crippen molar-refractivity contribution >= 4 is 21.5 Å². The van der Waals surface area contributed by atoms with E-state index in [0.29, 0.717) is 11.5 Å². The molecule has 0 amide bonds. The monoisotopic (exact) mass is 384 g/mol. The largest absolute Gasteiger partial charge is 0.293 e. The molecule has 142 valence electrons. The second kappa shape index (κ2) is 8.36. The van der Waals surface area contributed by atoms with Crippen molar-refractivity contribution in [3.63, 3.8) is 0 Å². The second-order valence-electron chi connectivity index (χ2n) is 7.17. The van der Waals surface area contributed by atoms with Gasteiger partial charge in [-0.3, -0.25) is 9.52 Å². The van der Waals surface area contributed by atoms with Crippen LogP contribution in [0.15, 0.2) is 42.5 Å².